The SMILES string of the molecule is CN(C)CCn1c(=O)oc2ccc(NC(=O)c3cc(N)ccn3)cc21. The Kier molecular flexibility index (Phi) is 4.53. The molecule has 0 atom stereocenters. The van der Waals surface area contributed by atoms with Crippen LogP contribution in [0.1, 0.15) is 10.5 Å². The van der Waals surface area contributed by atoms with Crippen LogP contribution in [0.4, 0.5) is 11.4 Å². The molecule has 3 aromatic rings. The number of oxazole rings is 1. The van der Waals surface area contributed by atoms with Gasteiger partial charge in [-0.25, -0.2) is 4.79 Å². The molecule has 0 aliphatic rings. The van der Waals surface area contributed by atoms with Crippen molar-refractivity contribution < 1.29 is 9.21 Å². The number of fused-ring (bicyclic) bond motifs is 1. The summed E-state index contributed by atoms with van der Waals surface area (Å²) in [6, 6.07) is 8.15. The Hall–Kier alpha value is -3.13. The Morgan fingerprint density at radius 3 is 2.84 bits per heavy atom. The van der Waals surface area contributed by atoms with E-state index in [4.69, 9.17) is 10.2 Å². The van der Waals surface area contributed by atoms with Gasteiger partial charge in [0, 0.05) is 30.7 Å². The van der Waals surface area contributed by atoms with E-state index in [9.17, 15) is 9.59 Å². The van der Waals surface area contributed by atoms with E-state index in [0.29, 0.717) is 35.6 Å². The van der Waals surface area contributed by atoms with Crippen molar-refractivity contribution in [1.29, 1.82) is 0 Å². The lowest BCUT2D eigenvalue weighted by Gasteiger charge is -2.10. The maximum absolute atomic E-state index is 12.3. The van der Waals surface area contributed by atoms with E-state index in [1.165, 1.54) is 12.3 Å². The molecule has 0 unspecified atom stereocenters. The molecule has 0 aliphatic carbocycles. The number of anilines is 2. The first kappa shape index (κ1) is 16.7. The summed E-state index contributed by atoms with van der Waals surface area (Å²) in [5, 5.41) is 2.75. The molecule has 0 spiro atoms. The topological polar surface area (TPSA) is 106 Å². The molecule has 0 bridgehead atoms. The molecule has 2 aromatic heterocycles. The number of nitrogens with zero attached hydrogens (tertiary/aromatic N) is 3. The normalized spacial score (nSPS) is 11.2. The average molecular weight is 341 g/mol. The van der Waals surface area contributed by atoms with Crippen molar-refractivity contribution in [3.63, 3.8) is 0 Å². The van der Waals surface area contributed by atoms with Crippen molar-refractivity contribution in [2.45, 2.75) is 6.54 Å². The van der Waals surface area contributed by atoms with Crippen LogP contribution < -0.4 is 16.8 Å². The van der Waals surface area contributed by atoms with Crippen LogP contribution in [0.25, 0.3) is 11.1 Å². The van der Waals surface area contributed by atoms with Gasteiger partial charge in [0.2, 0.25) is 0 Å². The Bertz CT molecular complexity index is 974. The first-order valence-electron chi connectivity index (χ1n) is 7.75. The van der Waals surface area contributed by atoms with E-state index in [0.717, 1.165) is 0 Å². The number of amides is 1. The monoisotopic (exact) mass is 341 g/mol. The zero-order valence-corrected chi connectivity index (χ0v) is 14.0. The summed E-state index contributed by atoms with van der Waals surface area (Å²) in [4.78, 5) is 30.3. The number of rotatable bonds is 5. The maximum Gasteiger partial charge on any atom is 0.419 e. The minimum atomic E-state index is -0.419. The van der Waals surface area contributed by atoms with Crippen molar-refractivity contribution in [3.05, 3.63) is 52.8 Å². The van der Waals surface area contributed by atoms with Crippen LogP contribution in [0.3, 0.4) is 0 Å². The van der Waals surface area contributed by atoms with Gasteiger partial charge in [-0.3, -0.25) is 14.3 Å². The van der Waals surface area contributed by atoms with E-state index in [1.54, 1.807) is 28.8 Å². The molecule has 8 nitrogen and oxygen atoms in total. The van der Waals surface area contributed by atoms with Crippen LogP contribution >= 0.6 is 0 Å². The summed E-state index contributed by atoms with van der Waals surface area (Å²) in [5.41, 5.74) is 8.00. The maximum atomic E-state index is 12.3. The second kappa shape index (κ2) is 6.78. The number of nitrogens with two attached hydrogens (primary N) is 1. The van der Waals surface area contributed by atoms with Crippen molar-refractivity contribution in [2.75, 3.05) is 31.7 Å². The van der Waals surface area contributed by atoms with E-state index < -0.39 is 5.76 Å². The number of hydrogen-bond acceptors (Lipinski definition) is 6. The predicted octanol–water partition coefficient (Wildman–Crippen LogP) is 1.39. The highest BCUT2D eigenvalue weighted by molar-refractivity contribution is 6.04. The molecule has 1 aromatic carbocycles. The lowest BCUT2D eigenvalue weighted by Crippen LogP contribution is -2.23. The first-order chi connectivity index (χ1) is 11.9. The van der Waals surface area contributed by atoms with Crippen molar-refractivity contribution in [2.24, 2.45) is 0 Å². The molecule has 3 N–H and O–H groups in total. The minimum absolute atomic E-state index is 0.220. The molecule has 0 fully saturated rings. The predicted molar refractivity (Wildman–Crippen MR) is 95.6 cm³/mol. The van der Waals surface area contributed by atoms with Crippen LogP contribution in [-0.4, -0.2) is 41.0 Å². The molecular weight excluding hydrogens is 322 g/mol. The van der Waals surface area contributed by atoms with Gasteiger partial charge in [-0.05, 0) is 44.4 Å². The van der Waals surface area contributed by atoms with Gasteiger partial charge in [-0.1, -0.05) is 0 Å². The molecule has 25 heavy (non-hydrogen) atoms. The number of nitrogen functional groups attached to an aromatic ring is 1. The van der Waals surface area contributed by atoms with E-state index in [-0.39, 0.29) is 11.6 Å². The van der Waals surface area contributed by atoms with Gasteiger partial charge in [0.15, 0.2) is 5.58 Å². The lowest BCUT2D eigenvalue weighted by molar-refractivity contribution is 0.102. The second-order valence-corrected chi connectivity index (χ2v) is 5.93. The first-order valence-corrected chi connectivity index (χ1v) is 7.75. The zero-order chi connectivity index (χ0) is 18.0. The fraction of sp³-hybridized carbons (Fsp3) is 0.235. The quantitative estimate of drug-likeness (QED) is 0.726. The number of likely N-dealkylation sites (N-methyl/N-ethyl adjacent to an activating group) is 1. The van der Waals surface area contributed by atoms with Gasteiger partial charge in [0.1, 0.15) is 5.69 Å². The third-order valence-electron chi connectivity index (χ3n) is 3.71. The fourth-order valence-corrected chi connectivity index (χ4v) is 2.42. The Morgan fingerprint density at radius 2 is 2.12 bits per heavy atom. The number of aromatic nitrogens is 2. The zero-order valence-electron chi connectivity index (χ0n) is 14.0. The van der Waals surface area contributed by atoms with Gasteiger partial charge in [-0.2, -0.15) is 0 Å². The van der Waals surface area contributed by atoms with Gasteiger partial charge in [0.05, 0.1) is 5.52 Å². The highest BCUT2D eigenvalue weighted by Crippen LogP contribution is 2.19. The largest absolute Gasteiger partial charge is 0.419 e. The highest BCUT2D eigenvalue weighted by Gasteiger charge is 2.12. The third kappa shape index (κ3) is 3.69. The average Bonchev–Trinajstić information content (AvgIpc) is 2.87. The Labute approximate surface area is 143 Å². The highest BCUT2D eigenvalue weighted by atomic mass is 16.4. The number of carbonyl (C=O) groups is 1. The van der Waals surface area contributed by atoms with Crippen molar-refractivity contribution >= 4 is 28.4 Å². The molecule has 0 saturated heterocycles. The van der Waals surface area contributed by atoms with Crippen molar-refractivity contribution in [1.82, 2.24) is 14.5 Å². The van der Waals surface area contributed by atoms with Crippen LogP contribution in [-0.2, 0) is 6.54 Å². The molecule has 0 aliphatic heterocycles. The molecule has 8 heteroatoms. The standard InChI is InChI=1S/C17H19N5O3/c1-21(2)7-8-22-14-10-12(3-4-15(14)25-17(22)24)20-16(23)13-9-11(18)5-6-19-13/h3-6,9-10H,7-8H2,1-2H3,(H2,18,19)(H,20,23). The summed E-state index contributed by atoms with van der Waals surface area (Å²) in [6.45, 7) is 1.19. The third-order valence-corrected chi connectivity index (χ3v) is 3.71. The molecule has 0 radical (unpaired) electrons. The summed E-state index contributed by atoms with van der Waals surface area (Å²) in [5.74, 6) is -0.796. The Morgan fingerprint density at radius 1 is 1.32 bits per heavy atom. The summed E-state index contributed by atoms with van der Waals surface area (Å²) < 4.78 is 6.78. The van der Waals surface area contributed by atoms with Crippen LogP contribution in [0.2, 0.25) is 0 Å². The van der Waals surface area contributed by atoms with Crippen LogP contribution in [0.15, 0.2) is 45.7 Å². The molecule has 130 valence electrons. The Balaban J connectivity index is 1.88. The second-order valence-electron chi connectivity index (χ2n) is 5.93. The number of hydrogen-bond donors (Lipinski definition) is 2. The fourth-order valence-electron chi connectivity index (χ4n) is 2.42. The number of nitrogens with one attached hydrogen (secondary N) is 1. The summed E-state index contributed by atoms with van der Waals surface area (Å²) >= 11 is 0. The minimum Gasteiger partial charge on any atom is -0.408 e. The summed E-state index contributed by atoms with van der Waals surface area (Å²) in [6.07, 6.45) is 1.47. The molecule has 2 heterocycles. The molecule has 0 saturated carbocycles. The molecule has 3 rings (SSSR count). The van der Waals surface area contributed by atoms with Crippen LogP contribution in [0, 0.1) is 0 Å². The number of benzene rings is 1. The van der Waals surface area contributed by atoms with Crippen LogP contribution in [0.5, 0.6) is 0 Å². The van der Waals surface area contributed by atoms with Gasteiger partial charge in [-0.15, -0.1) is 0 Å². The van der Waals surface area contributed by atoms with Gasteiger partial charge >= 0.3 is 5.76 Å². The van der Waals surface area contributed by atoms with E-state index in [1.807, 2.05) is 19.0 Å². The number of carbonyl (C=O) groups excluding carboxylic acids is 1. The van der Waals surface area contributed by atoms with Gasteiger partial charge < -0.3 is 20.4 Å². The smallest absolute Gasteiger partial charge is 0.408 e. The summed E-state index contributed by atoms with van der Waals surface area (Å²) in [7, 11) is 3.86. The lowest BCUT2D eigenvalue weighted by atomic mass is 10.2. The molecular formula is C17H19N5O3. The van der Waals surface area contributed by atoms with Gasteiger partial charge in [0.25, 0.3) is 5.91 Å². The van der Waals surface area contributed by atoms with E-state index >= 15 is 0 Å². The van der Waals surface area contributed by atoms with Crippen molar-refractivity contribution in [3.8, 4) is 0 Å². The number of pyridine rings is 1. The molecule has 1 amide bonds. The van der Waals surface area contributed by atoms with E-state index in [2.05, 4.69) is 10.3 Å².